The molecule has 0 amide bonds. The van der Waals surface area contributed by atoms with E-state index in [1.807, 2.05) is 0 Å². The Bertz CT molecular complexity index is 416. The van der Waals surface area contributed by atoms with E-state index in [0.717, 1.165) is 77.0 Å². The van der Waals surface area contributed by atoms with Gasteiger partial charge in [0, 0.05) is 11.8 Å². The van der Waals surface area contributed by atoms with Crippen LogP contribution in [0.15, 0.2) is 0 Å². The molecule has 0 aliphatic carbocycles. The predicted molar refractivity (Wildman–Crippen MR) is 106 cm³/mol. The summed E-state index contributed by atoms with van der Waals surface area (Å²) in [5, 5.41) is 9.27. The highest BCUT2D eigenvalue weighted by Gasteiger charge is 2.18. The Balaban J connectivity index is 4.10. The van der Waals surface area contributed by atoms with Gasteiger partial charge in [-0.2, -0.15) is 0 Å². The molecule has 0 bridgehead atoms. The average molecular weight is 369 g/mol. The standard InChI is InChI=1S/C22H40O4/c1-5-7-12-21(22(25)26)16-11-10-15-20(18(4)24)14-9-8-13-19(6-2)17(3)23/h19-21H,5-16H2,1-4H3,(H,25,26). The Hall–Kier alpha value is -1.19. The maximum absolute atomic E-state index is 11.9. The predicted octanol–water partition coefficient (Wildman–Crippen LogP) is 5.82. The maximum Gasteiger partial charge on any atom is 0.306 e. The molecule has 0 aromatic heterocycles. The number of rotatable bonds is 17. The van der Waals surface area contributed by atoms with Crippen molar-refractivity contribution in [2.45, 2.75) is 105 Å². The van der Waals surface area contributed by atoms with Gasteiger partial charge in [0.25, 0.3) is 0 Å². The summed E-state index contributed by atoms with van der Waals surface area (Å²) >= 11 is 0. The number of hydrogen-bond donors (Lipinski definition) is 1. The zero-order valence-corrected chi connectivity index (χ0v) is 17.4. The van der Waals surface area contributed by atoms with Crippen molar-refractivity contribution in [2.75, 3.05) is 0 Å². The Morgan fingerprint density at radius 2 is 1.04 bits per heavy atom. The lowest BCUT2D eigenvalue weighted by Crippen LogP contribution is -2.15. The molecule has 26 heavy (non-hydrogen) atoms. The number of hydrogen-bond acceptors (Lipinski definition) is 3. The van der Waals surface area contributed by atoms with Gasteiger partial charge in [-0.1, -0.05) is 52.4 Å². The Kier molecular flexibility index (Phi) is 14.2. The zero-order valence-electron chi connectivity index (χ0n) is 17.4. The topological polar surface area (TPSA) is 71.4 Å². The first-order valence-corrected chi connectivity index (χ1v) is 10.6. The Labute approximate surface area is 160 Å². The van der Waals surface area contributed by atoms with E-state index in [0.29, 0.717) is 0 Å². The number of unbranched alkanes of at least 4 members (excludes halogenated alkanes) is 3. The molecule has 0 spiro atoms. The summed E-state index contributed by atoms with van der Waals surface area (Å²) in [6, 6.07) is 0. The number of carboxylic acids is 1. The summed E-state index contributed by atoms with van der Waals surface area (Å²) < 4.78 is 0. The monoisotopic (exact) mass is 368 g/mol. The van der Waals surface area contributed by atoms with E-state index >= 15 is 0 Å². The van der Waals surface area contributed by atoms with Gasteiger partial charge in [-0.25, -0.2) is 0 Å². The molecular formula is C22H40O4. The summed E-state index contributed by atoms with van der Waals surface area (Å²) in [6.45, 7) is 7.46. The highest BCUT2D eigenvalue weighted by molar-refractivity contribution is 5.78. The summed E-state index contributed by atoms with van der Waals surface area (Å²) in [4.78, 5) is 34.6. The lowest BCUT2D eigenvalue weighted by molar-refractivity contribution is -0.142. The van der Waals surface area contributed by atoms with Crippen molar-refractivity contribution in [3.05, 3.63) is 0 Å². The second kappa shape index (κ2) is 14.9. The van der Waals surface area contributed by atoms with Crippen LogP contribution in [-0.4, -0.2) is 22.6 Å². The Morgan fingerprint density at radius 1 is 0.654 bits per heavy atom. The number of carbonyl (C=O) groups is 3. The van der Waals surface area contributed by atoms with Crippen molar-refractivity contribution >= 4 is 17.5 Å². The van der Waals surface area contributed by atoms with Crippen molar-refractivity contribution in [3.8, 4) is 0 Å². The minimum atomic E-state index is -0.683. The molecule has 4 nitrogen and oxygen atoms in total. The van der Waals surface area contributed by atoms with Gasteiger partial charge in [-0.15, -0.1) is 0 Å². The van der Waals surface area contributed by atoms with Crippen LogP contribution in [0.3, 0.4) is 0 Å². The van der Waals surface area contributed by atoms with Gasteiger partial charge >= 0.3 is 5.97 Å². The van der Waals surface area contributed by atoms with E-state index in [1.54, 1.807) is 13.8 Å². The van der Waals surface area contributed by atoms with Crippen LogP contribution in [0.25, 0.3) is 0 Å². The fourth-order valence-electron chi connectivity index (χ4n) is 3.65. The molecule has 0 aliphatic heterocycles. The molecule has 0 saturated heterocycles. The van der Waals surface area contributed by atoms with E-state index in [9.17, 15) is 19.5 Å². The third-order valence-corrected chi connectivity index (χ3v) is 5.61. The fraction of sp³-hybridized carbons (Fsp3) is 0.864. The highest BCUT2D eigenvalue weighted by Crippen LogP contribution is 2.23. The minimum absolute atomic E-state index is 0.0892. The number of carbonyl (C=O) groups excluding carboxylic acids is 2. The SMILES string of the molecule is CCCCC(CCCCC(CCCCC(CC)C(C)=O)C(C)=O)C(=O)O. The van der Waals surface area contributed by atoms with Crippen molar-refractivity contribution < 1.29 is 19.5 Å². The van der Waals surface area contributed by atoms with Crippen molar-refractivity contribution in [2.24, 2.45) is 17.8 Å². The third kappa shape index (κ3) is 11.4. The van der Waals surface area contributed by atoms with Gasteiger partial charge in [-0.3, -0.25) is 14.4 Å². The van der Waals surface area contributed by atoms with Gasteiger partial charge in [-0.05, 0) is 52.4 Å². The van der Waals surface area contributed by atoms with Crippen LogP contribution in [0.4, 0.5) is 0 Å². The Morgan fingerprint density at radius 3 is 1.38 bits per heavy atom. The van der Waals surface area contributed by atoms with Crippen LogP contribution in [0.1, 0.15) is 105 Å². The van der Waals surface area contributed by atoms with Gasteiger partial charge in [0.2, 0.25) is 0 Å². The van der Waals surface area contributed by atoms with E-state index in [1.165, 1.54) is 0 Å². The van der Waals surface area contributed by atoms with Crippen molar-refractivity contribution in [1.82, 2.24) is 0 Å². The van der Waals surface area contributed by atoms with Gasteiger partial charge < -0.3 is 5.11 Å². The first kappa shape index (κ1) is 24.8. The molecule has 0 aromatic rings. The van der Waals surface area contributed by atoms with Crippen LogP contribution in [0.5, 0.6) is 0 Å². The molecule has 1 N–H and O–H groups in total. The molecular weight excluding hydrogens is 328 g/mol. The number of aliphatic carboxylic acids is 1. The molecule has 4 heteroatoms. The van der Waals surface area contributed by atoms with E-state index < -0.39 is 5.97 Å². The lowest BCUT2D eigenvalue weighted by atomic mass is 9.88. The molecule has 0 fully saturated rings. The second-order valence-electron chi connectivity index (χ2n) is 7.77. The summed E-state index contributed by atoms with van der Waals surface area (Å²) in [7, 11) is 0. The molecule has 3 atom stereocenters. The first-order valence-electron chi connectivity index (χ1n) is 10.6. The molecule has 0 aromatic carbocycles. The van der Waals surface area contributed by atoms with E-state index in [-0.39, 0.29) is 29.3 Å². The van der Waals surface area contributed by atoms with Gasteiger partial charge in [0.15, 0.2) is 0 Å². The number of Topliss-reactive ketones (excluding diaryl/α,β-unsaturated/α-hetero) is 2. The van der Waals surface area contributed by atoms with Crippen LogP contribution in [-0.2, 0) is 14.4 Å². The van der Waals surface area contributed by atoms with Crippen LogP contribution in [0.2, 0.25) is 0 Å². The van der Waals surface area contributed by atoms with Crippen molar-refractivity contribution in [1.29, 1.82) is 0 Å². The third-order valence-electron chi connectivity index (χ3n) is 5.61. The molecule has 0 saturated carbocycles. The lowest BCUT2D eigenvalue weighted by Gasteiger charge is -2.16. The highest BCUT2D eigenvalue weighted by atomic mass is 16.4. The molecule has 152 valence electrons. The fourth-order valence-corrected chi connectivity index (χ4v) is 3.65. The molecule has 0 rings (SSSR count). The first-order chi connectivity index (χ1) is 12.3. The van der Waals surface area contributed by atoms with Crippen LogP contribution >= 0.6 is 0 Å². The van der Waals surface area contributed by atoms with Crippen LogP contribution in [0, 0.1) is 17.8 Å². The zero-order chi connectivity index (χ0) is 19.9. The average Bonchev–Trinajstić information content (AvgIpc) is 2.58. The summed E-state index contributed by atoms with van der Waals surface area (Å²) in [6.07, 6.45) is 10.8. The summed E-state index contributed by atoms with van der Waals surface area (Å²) in [5.74, 6) is -0.148. The number of carboxylic acid groups (broad SMARTS) is 1. The largest absolute Gasteiger partial charge is 0.481 e. The van der Waals surface area contributed by atoms with Crippen molar-refractivity contribution in [3.63, 3.8) is 0 Å². The number of ketones is 2. The van der Waals surface area contributed by atoms with E-state index in [4.69, 9.17) is 0 Å². The molecule has 0 radical (unpaired) electrons. The molecule has 0 aliphatic rings. The second-order valence-corrected chi connectivity index (χ2v) is 7.77. The molecule has 0 heterocycles. The van der Waals surface area contributed by atoms with E-state index in [2.05, 4.69) is 13.8 Å². The minimum Gasteiger partial charge on any atom is -0.481 e. The van der Waals surface area contributed by atoms with Crippen LogP contribution < -0.4 is 0 Å². The maximum atomic E-state index is 11.9. The summed E-state index contributed by atoms with van der Waals surface area (Å²) in [5.41, 5.74) is 0. The normalized spacial score (nSPS) is 14.6. The smallest absolute Gasteiger partial charge is 0.306 e. The van der Waals surface area contributed by atoms with Gasteiger partial charge in [0.1, 0.15) is 11.6 Å². The quantitative estimate of drug-likeness (QED) is 0.328. The van der Waals surface area contributed by atoms with Gasteiger partial charge in [0.05, 0.1) is 5.92 Å². The molecule has 3 unspecified atom stereocenters.